The third kappa shape index (κ3) is 4.89. The van der Waals surface area contributed by atoms with Gasteiger partial charge in [-0.05, 0) is 50.2 Å². The van der Waals surface area contributed by atoms with Gasteiger partial charge >= 0.3 is 0 Å². The van der Waals surface area contributed by atoms with Gasteiger partial charge in [0.05, 0.1) is 6.20 Å². The maximum atomic E-state index is 12.1. The van der Waals surface area contributed by atoms with Crippen molar-refractivity contribution in [2.45, 2.75) is 45.6 Å². The van der Waals surface area contributed by atoms with Gasteiger partial charge in [-0.15, -0.1) is 0 Å². The molecule has 0 aliphatic carbocycles. The summed E-state index contributed by atoms with van der Waals surface area (Å²) >= 11 is 0. The quantitative estimate of drug-likeness (QED) is 0.846. The van der Waals surface area contributed by atoms with E-state index in [1.165, 1.54) is 16.7 Å². The summed E-state index contributed by atoms with van der Waals surface area (Å²) in [5, 5.41) is 7.22. The van der Waals surface area contributed by atoms with Crippen molar-refractivity contribution in [1.29, 1.82) is 0 Å². The highest BCUT2D eigenvalue weighted by Crippen LogP contribution is 2.33. The number of benzene rings is 1. The summed E-state index contributed by atoms with van der Waals surface area (Å²) in [6.45, 7) is 6.41. The highest BCUT2D eigenvalue weighted by atomic mass is 16.5. The number of nitrogens with one attached hydrogen (secondary N) is 1. The Morgan fingerprint density at radius 1 is 1.30 bits per heavy atom. The summed E-state index contributed by atoms with van der Waals surface area (Å²) in [6.07, 6.45) is 4.78. The average Bonchev–Trinajstić information content (AvgIpc) is 2.96. The standard InChI is InChI=1S/C21H29N3O3/c1-15-6-7-18(16(2)11-15)13-27-21-19(12-22-23-21)17-5-4-9-24(10-8-17)20(25)14-26-3/h6-7,11-12,17H,4-5,8-10,13-14H2,1-3H3,(H,22,23). The molecule has 1 aliphatic rings. The molecule has 1 atom stereocenters. The lowest BCUT2D eigenvalue weighted by Gasteiger charge is -2.20. The Morgan fingerprint density at radius 2 is 2.15 bits per heavy atom. The molecule has 146 valence electrons. The Balaban J connectivity index is 1.63. The van der Waals surface area contributed by atoms with Gasteiger partial charge < -0.3 is 14.4 Å². The Hall–Kier alpha value is -2.34. The smallest absolute Gasteiger partial charge is 0.248 e. The van der Waals surface area contributed by atoms with E-state index in [0.29, 0.717) is 12.5 Å². The van der Waals surface area contributed by atoms with E-state index in [9.17, 15) is 4.79 Å². The van der Waals surface area contributed by atoms with Crippen LogP contribution in [0.2, 0.25) is 0 Å². The molecule has 0 radical (unpaired) electrons. The minimum atomic E-state index is 0.0664. The third-order valence-corrected chi connectivity index (χ3v) is 5.29. The number of aromatic nitrogens is 2. The van der Waals surface area contributed by atoms with E-state index in [1.807, 2.05) is 11.1 Å². The second-order valence-corrected chi connectivity index (χ2v) is 7.31. The molecule has 2 aromatic rings. The van der Waals surface area contributed by atoms with E-state index in [1.54, 1.807) is 7.11 Å². The summed E-state index contributed by atoms with van der Waals surface area (Å²) in [4.78, 5) is 14.0. The van der Waals surface area contributed by atoms with Crippen LogP contribution in [0.4, 0.5) is 0 Å². The highest BCUT2D eigenvalue weighted by molar-refractivity contribution is 5.77. The molecule has 1 saturated heterocycles. The lowest BCUT2D eigenvalue weighted by Crippen LogP contribution is -2.34. The van der Waals surface area contributed by atoms with Crippen LogP contribution >= 0.6 is 0 Å². The summed E-state index contributed by atoms with van der Waals surface area (Å²) in [7, 11) is 1.56. The van der Waals surface area contributed by atoms with Crippen LogP contribution in [-0.4, -0.2) is 47.8 Å². The molecule has 1 aromatic carbocycles. The van der Waals surface area contributed by atoms with Crippen molar-refractivity contribution in [1.82, 2.24) is 15.1 Å². The highest BCUT2D eigenvalue weighted by Gasteiger charge is 2.24. The first-order valence-electron chi connectivity index (χ1n) is 9.57. The lowest BCUT2D eigenvalue weighted by atomic mass is 9.94. The second-order valence-electron chi connectivity index (χ2n) is 7.31. The number of nitrogens with zero attached hydrogens (tertiary/aromatic N) is 2. The predicted molar refractivity (Wildman–Crippen MR) is 104 cm³/mol. The first-order chi connectivity index (χ1) is 13.1. The lowest BCUT2D eigenvalue weighted by molar-refractivity contribution is -0.135. The fourth-order valence-corrected chi connectivity index (χ4v) is 3.72. The van der Waals surface area contributed by atoms with Crippen molar-refractivity contribution >= 4 is 5.91 Å². The van der Waals surface area contributed by atoms with E-state index in [4.69, 9.17) is 9.47 Å². The number of H-pyrrole nitrogens is 1. The zero-order valence-corrected chi connectivity index (χ0v) is 16.5. The molecule has 27 heavy (non-hydrogen) atoms. The van der Waals surface area contributed by atoms with Gasteiger partial charge in [0.25, 0.3) is 0 Å². The van der Waals surface area contributed by atoms with Crippen molar-refractivity contribution in [3.8, 4) is 5.88 Å². The van der Waals surface area contributed by atoms with Crippen LogP contribution in [0, 0.1) is 13.8 Å². The van der Waals surface area contributed by atoms with Crippen LogP contribution in [0.1, 0.15) is 47.4 Å². The maximum Gasteiger partial charge on any atom is 0.248 e. The molecule has 1 N–H and O–H groups in total. The maximum absolute atomic E-state index is 12.1. The molecule has 1 aromatic heterocycles. The van der Waals surface area contributed by atoms with E-state index >= 15 is 0 Å². The molecule has 0 saturated carbocycles. The summed E-state index contributed by atoms with van der Waals surface area (Å²) < 4.78 is 11.1. The molecular weight excluding hydrogens is 342 g/mol. The first-order valence-corrected chi connectivity index (χ1v) is 9.57. The van der Waals surface area contributed by atoms with Gasteiger partial charge in [0.1, 0.15) is 13.2 Å². The van der Waals surface area contributed by atoms with Gasteiger partial charge in [-0.1, -0.05) is 23.8 Å². The van der Waals surface area contributed by atoms with Crippen LogP contribution in [0.3, 0.4) is 0 Å². The van der Waals surface area contributed by atoms with E-state index in [-0.39, 0.29) is 12.5 Å². The Kier molecular flexibility index (Phi) is 6.50. The predicted octanol–water partition coefficient (Wildman–Crippen LogP) is 3.35. The molecule has 6 nitrogen and oxygen atoms in total. The van der Waals surface area contributed by atoms with Crippen molar-refractivity contribution in [2.75, 3.05) is 26.8 Å². The number of methoxy groups -OCH3 is 1. The SMILES string of the molecule is COCC(=O)N1CCCC(c2cn[nH]c2OCc2ccc(C)cc2C)CC1. The first kappa shape index (κ1) is 19.4. The monoisotopic (exact) mass is 371 g/mol. The number of amides is 1. The molecule has 1 fully saturated rings. The van der Waals surface area contributed by atoms with Crippen molar-refractivity contribution in [3.63, 3.8) is 0 Å². The molecule has 0 bridgehead atoms. The fourth-order valence-electron chi connectivity index (χ4n) is 3.72. The zero-order valence-electron chi connectivity index (χ0n) is 16.5. The fraction of sp³-hybridized carbons (Fsp3) is 0.524. The van der Waals surface area contributed by atoms with Gasteiger partial charge in [0.15, 0.2) is 0 Å². The molecule has 6 heteroatoms. The largest absolute Gasteiger partial charge is 0.473 e. The molecule has 1 amide bonds. The Labute approximate surface area is 160 Å². The third-order valence-electron chi connectivity index (χ3n) is 5.29. The molecule has 3 rings (SSSR count). The second kappa shape index (κ2) is 9.04. The van der Waals surface area contributed by atoms with E-state index in [2.05, 4.69) is 42.2 Å². The topological polar surface area (TPSA) is 67.5 Å². The van der Waals surface area contributed by atoms with Crippen LogP contribution in [-0.2, 0) is 16.1 Å². The van der Waals surface area contributed by atoms with Crippen LogP contribution in [0.5, 0.6) is 5.88 Å². The number of aromatic amines is 1. The minimum absolute atomic E-state index is 0.0664. The summed E-state index contributed by atoms with van der Waals surface area (Å²) in [5.74, 6) is 1.16. The molecule has 0 spiro atoms. The number of hydrogen-bond acceptors (Lipinski definition) is 4. The molecule has 1 aliphatic heterocycles. The van der Waals surface area contributed by atoms with Gasteiger partial charge in [-0.3, -0.25) is 4.79 Å². The number of carbonyl (C=O) groups is 1. The normalized spacial score (nSPS) is 17.6. The van der Waals surface area contributed by atoms with Gasteiger partial charge in [0.2, 0.25) is 11.8 Å². The zero-order chi connectivity index (χ0) is 19.2. The van der Waals surface area contributed by atoms with Crippen molar-refractivity contribution in [3.05, 3.63) is 46.6 Å². The van der Waals surface area contributed by atoms with Crippen LogP contribution < -0.4 is 4.74 Å². The molecule has 1 unspecified atom stereocenters. The Morgan fingerprint density at radius 3 is 2.93 bits per heavy atom. The molecular formula is C21H29N3O3. The van der Waals surface area contributed by atoms with Gasteiger partial charge in [0, 0.05) is 25.8 Å². The molecule has 2 heterocycles. The minimum Gasteiger partial charge on any atom is -0.473 e. The average molecular weight is 371 g/mol. The Bertz CT molecular complexity index is 772. The summed E-state index contributed by atoms with van der Waals surface area (Å²) in [5.41, 5.74) is 4.78. The number of rotatable bonds is 6. The number of ether oxygens (including phenoxy) is 2. The van der Waals surface area contributed by atoms with Crippen LogP contribution in [0.15, 0.2) is 24.4 Å². The van der Waals surface area contributed by atoms with Gasteiger partial charge in [-0.2, -0.15) is 5.10 Å². The van der Waals surface area contributed by atoms with E-state index in [0.717, 1.165) is 43.8 Å². The number of likely N-dealkylation sites (tertiary alicyclic amines) is 1. The summed E-state index contributed by atoms with van der Waals surface area (Å²) in [6, 6.07) is 6.39. The number of hydrogen-bond donors (Lipinski definition) is 1. The van der Waals surface area contributed by atoms with Crippen molar-refractivity contribution in [2.24, 2.45) is 0 Å². The van der Waals surface area contributed by atoms with Gasteiger partial charge in [-0.25, -0.2) is 5.10 Å². The van der Waals surface area contributed by atoms with E-state index < -0.39 is 0 Å². The van der Waals surface area contributed by atoms with Crippen molar-refractivity contribution < 1.29 is 14.3 Å². The van der Waals surface area contributed by atoms with Crippen LogP contribution in [0.25, 0.3) is 0 Å². The number of aryl methyl sites for hydroxylation is 2. The number of carbonyl (C=O) groups excluding carboxylic acids is 1.